The maximum absolute atomic E-state index is 11.6. The topological polar surface area (TPSA) is 58.7 Å². The second kappa shape index (κ2) is 5.85. The molecule has 1 heterocycles. The molecule has 2 aromatic rings. The fourth-order valence-corrected chi connectivity index (χ4v) is 2.47. The van der Waals surface area contributed by atoms with Crippen LogP contribution in [0.4, 0.5) is 5.69 Å². The molecular formula is C18H17N3O. The normalized spacial score (nSPS) is 14.3. The van der Waals surface area contributed by atoms with Gasteiger partial charge in [0.05, 0.1) is 18.4 Å². The molecule has 22 heavy (non-hydrogen) atoms. The van der Waals surface area contributed by atoms with Gasteiger partial charge in [-0.05, 0) is 25.1 Å². The molecule has 3 rings (SSSR count). The van der Waals surface area contributed by atoms with E-state index in [4.69, 9.17) is 5.73 Å². The van der Waals surface area contributed by atoms with Gasteiger partial charge in [-0.1, -0.05) is 36.4 Å². The zero-order valence-electron chi connectivity index (χ0n) is 12.4. The maximum Gasteiger partial charge on any atom is 0.159 e. The fraction of sp³-hybridized carbons (Fsp3) is 0.111. The van der Waals surface area contributed by atoms with Crippen LogP contribution in [0, 0.1) is 0 Å². The van der Waals surface area contributed by atoms with Crippen LogP contribution >= 0.6 is 0 Å². The van der Waals surface area contributed by atoms with Gasteiger partial charge in [0.2, 0.25) is 0 Å². The van der Waals surface area contributed by atoms with E-state index >= 15 is 0 Å². The molecule has 4 nitrogen and oxygen atoms in total. The Labute approximate surface area is 129 Å². The van der Waals surface area contributed by atoms with Crippen molar-refractivity contribution in [2.45, 2.75) is 6.92 Å². The largest absolute Gasteiger partial charge is 0.386 e. The molecule has 1 aliphatic heterocycles. The zero-order chi connectivity index (χ0) is 15.5. The first-order valence-electron chi connectivity index (χ1n) is 7.11. The monoisotopic (exact) mass is 291 g/mol. The first-order chi connectivity index (χ1) is 10.6. The van der Waals surface area contributed by atoms with E-state index in [1.165, 1.54) is 0 Å². The Morgan fingerprint density at radius 2 is 1.91 bits per heavy atom. The van der Waals surface area contributed by atoms with Crippen molar-refractivity contribution >= 4 is 23.0 Å². The number of carbonyl (C=O) groups excluding carboxylic acids is 1. The summed E-state index contributed by atoms with van der Waals surface area (Å²) in [7, 11) is 0. The van der Waals surface area contributed by atoms with Crippen molar-refractivity contribution in [1.29, 1.82) is 0 Å². The number of hydrogen-bond donors (Lipinski definition) is 1. The number of nitrogens with zero attached hydrogens (tertiary/aromatic N) is 2. The minimum absolute atomic E-state index is 0.0486. The highest BCUT2D eigenvalue weighted by atomic mass is 16.1. The molecule has 0 saturated heterocycles. The van der Waals surface area contributed by atoms with Gasteiger partial charge in [0, 0.05) is 16.8 Å². The summed E-state index contributed by atoms with van der Waals surface area (Å²) in [5.74, 6) is 0.614. The number of benzene rings is 2. The van der Waals surface area contributed by atoms with E-state index in [2.05, 4.69) is 9.89 Å². The van der Waals surface area contributed by atoms with E-state index in [1.807, 2.05) is 54.6 Å². The summed E-state index contributed by atoms with van der Waals surface area (Å²) in [6, 6.07) is 17.6. The number of para-hydroxylation sites is 1. The second-order valence-electron chi connectivity index (χ2n) is 5.19. The summed E-state index contributed by atoms with van der Waals surface area (Å²) >= 11 is 0. The highest BCUT2D eigenvalue weighted by molar-refractivity contribution is 5.97. The Hall–Kier alpha value is -2.88. The number of aliphatic imine (C=N–C) groups is 1. The van der Waals surface area contributed by atoms with Gasteiger partial charge in [-0.2, -0.15) is 0 Å². The molecule has 1 aliphatic rings. The van der Waals surface area contributed by atoms with Crippen molar-refractivity contribution in [1.82, 2.24) is 0 Å². The van der Waals surface area contributed by atoms with Gasteiger partial charge in [0.25, 0.3) is 0 Å². The molecule has 0 unspecified atom stereocenters. The first kappa shape index (κ1) is 14.1. The summed E-state index contributed by atoms with van der Waals surface area (Å²) in [6.07, 6.45) is 1.76. The molecule has 2 N–H and O–H groups in total. The minimum Gasteiger partial charge on any atom is -0.386 e. The average molecular weight is 291 g/mol. The van der Waals surface area contributed by atoms with Crippen LogP contribution in [-0.2, 0) is 0 Å². The number of carbonyl (C=O) groups is 1. The number of rotatable bonds is 3. The summed E-state index contributed by atoms with van der Waals surface area (Å²) < 4.78 is 0. The predicted octanol–water partition coefficient (Wildman–Crippen LogP) is 3.07. The summed E-state index contributed by atoms with van der Waals surface area (Å²) in [5, 5.41) is 0. The zero-order valence-corrected chi connectivity index (χ0v) is 12.4. The molecular weight excluding hydrogens is 274 g/mol. The van der Waals surface area contributed by atoms with E-state index in [-0.39, 0.29) is 5.78 Å². The molecule has 0 amide bonds. The van der Waals surface area contributed by atoms with Crippen molar-refractivity contribution < 1.29 is 4.79 Å². The SMILES string of the molecule is CC(=O)c1cccc(C2=CN=C(N)CN2c2ccccc2)c1. The Morgan fingerprint density at radius 1 is 1.14 bits per heavy atom. The third-order valence-corrected chi connectivity index (χ3v) is 3.60. The predicted molar refractivity (Wildman–Crippen MR) is 89.8 cm³/mol. The number of amidine groups is 1. The van der Waals surface area contributed by atoms with Gasteiger partial charge in [0.15, 0.2) is 5.78 Å². The van der Waals surface area contributed by atoms with Crippen LogP contribution in [0.3, 0.4) is 0 Å². The number of Topliss-reactive ketones (excluding diaryl/α,β-unsaturated/α-hetero) is 1. The molecule has 2 aromatic carbocycles. The molecule has 0 bridgehead atoms. The van der Waals surface area contributed by atoms with Gasteiger partial charge in [-0.3, -0.25) is 4.79 Å². The fourth-order valence-electron chi connectivity index (χ4n) is 2.47. The third-order valence-electron chi connectivity index (χ3n) is 3.60. The summed E-state index contributed by atoms with van der Waals surface area (Å²) in [5.41, 5.74) is 9.51. The number of hydrogen-bond acceptors (Lipinski definition) is 4. The molecule has 0 aliphatic carbocycles. The first-order valence-corrected chi connectivity index (χ1v) is 7.11. The Morgan fingerprint density at radius 3 is 2.64 bits per heavy atom. The van der Waals surface area contributed by atoms with Gasteiger partial charge in [0.1, 0.15) is 5.84 Å². The lowest BCUT2D eigenvalue weighted by Crippen LogP contribution is -2.35. The minimum atomic E-state index is 0.0486. The van der Waals surface area contributed by atoms with Crippen molar-refractivity contribution in [2.75, 3.05) is 11.4 Å². The van der Waals surface area contributed by atoms with Crippen molar-refractivity contribution in [3.63, 3.8) is 0 Å². The van der Waals surface area contributed by atoms with E-state index in [1.54, 1.807) is 13.1 Å². The number of ketones is 1. The van der Waals surface area contributed by atoms with Gasteiger partial charge in [-0.15, -0.1) is 0 Å². The lowest BCUT2D eigenvalue weighted by molar-refractivity contribution is 0.101. The van der Waals surface area contributed by atoms with Gasteiger partial charge >= 0.3 is 0 Å². The molecule has 0 aromatic heterocycles. The lowest BCUT2D eigenvalue weighted by atomic mass is 10.0. The second-order valence-corrected chi connectivity index (χ2v) is 5.19. The summed E-state index contributed by atoms with van der Waals surface area (Å²) in [6.45, 7) is 2.10. The van der Waals surface area contributed by atoms with E-state index in [9.17, 15) is 4.79 Å². The standard InChI is InChI=1S/C18H17N3O/c1-13(22)14-6-5-7-15(10-14)17-11-20-18(19)12-21(17)16-8-3-2-4-9-16/h2-11H,12H2,1H3,(H2,19,20). The summed E-state index contributed by atoms with van der Waals surface area (Å²) in [4.78, 5) is 17.9. The Balaban J connectivity index is 2.06. The van der Waals surface area contributed by atoms with Crippen LogP contribution < -0.4 is 10.6 Å². The van der Waals surface area contributed by atoms with Crippen LogP contribution in [0.15, 0.2) is 65.8 Å². The van der Waals surface area contributed by atoms with Crippen molar-refractivity contribution in [2.24, 2.45) is 10.7 Å². The molecule has 0 spiro atoms. The van der Waals surface area contributed by atoms with E-state index in [0.29, 0.717) is 17.9 Å². The Kier molecular flexibility index (Phi) is 3.74. The lowest BCUT2D eigenvalue weighted by Gasteiger charge is -2.29. The number of nitrogens with two attached hydrogens (primary N) is 1. The van der Waals surface area contributed by atoms with E-state index < -0.39 is 0 Å². The highest BCUT2D eigenvalue weighted by Gasteiger charge is 2.19. The molecule has 0 fully saturated rings. The van der Waals surface area contributed by atoms with E-state index in [0.717, 1.165) is 16.9 Å². The molecule has 0 atom stereocenters. The third kappa shape index (κ3) is 2.76. The quantitative estimate of drug-likeness (QED) is 0.884. The Bertz CT molecular complexity index is 763. The van der Waals surface area contributed by atoms with Crippen molar-refractivity contribution in [3.8, 4) is 0 Å². The molecule has 4 heteroatoms. The molecule has 0 saturated carbocycles. The van der Waals surface area contributed by atoms with Crippen molar-refractivity contribution in [3.05, 3.63) is 71.9 Å². The van der Waals surface area contributed by atoms with Crippen LogP contribution in [0.1, 0.15) is 22.8 Å². The molecule has 110 valence electrons. The average Bonchev–Trinajstić information content (AvgIpc) is 2.55. The van der Waals surface area contributed by atoms with Gasteiger partial charge in [-0.25, -0.2) is 4.99 Å². The molecule has 0 radical (unpaired) electrons. The van der Waals surface area contributed by atoms with Gasteiger partial charge < -0.3 is 10.6 Å². The van der Waals surface area contributed by atoms with Crippen LogP contribution in [0.5, 0.6) is 0 Å². The van der Waals surface area contributed by atoms with Crippen LogP contribution in [0.25, 0.3) is 5.70 Å². The highest BCUT2D eigenvalue weighted by Crippen LogP contribution is 2.28. The van der Waals surface area contributed by atoms with Crippen LogP contribution in [-0.4, -0.2) is 18.2 Å². The smallest absolute Gasteiger partial charge is 0.159 e. The maximum atomic E-state index is 11.6. The number of anilines is 1. The van der Waals surface area contributed by atoms with Crippen LogP contribution in [0.2, 0.25) is 0 Å².